The first-order valence-electron chi connectivity index (χ1n) is 4.45. The maximum Gasteiger partial charge on any atom is 0.0931 e. The van der Waals surface area contributed by atoms with Crippen LogP contribution in [0.15, 0.2) is 24.5 Å². The average molecular weight is 211 g/mol. The highest BCUT2D eigenvalue weighted by molar-refractivity contribution is 6.18. The second-order valence-electron chi connectivity index (χ2n) is 3.27. The highest BCUT2D eigenvalue weighted by atomic mass is 35.5. The van der Waals surface area contributed by atoms with Crippen molar-refractivity contribution in [2.75, 3.05) is 5.88 Å². The van der Waals surface area contributed by atoms with Crippen molar-refractivity contribution < 1.29 is 5.11 Å². The number of hydrogen-bond donors (Lipinski definition) is 2. The van der Waals surface area contributed by atoms with Crippen LogP contribution in [0.3, 0.4) is 0 Å². The van der Waals surface area contributed by atoms with E-state index in [9.17, 15) is 5.11 Å². The molecule has 0 bridgehead atoms. The lowest BCUT2D eigenvalue weighted by Gasteiger charge is -2.05. The molecule has 0 saturated heterocycles. The summed E-state index contributed by atoms with van der Waals surface area (Å²) >= 11 is 5.53. The Labute approximate surface area is 86.7 Å². The Morgan fingerprint density at radius 2 is 2.36 bits per heavy atom. The maximum absolute atomic E-state index is 9.38. The van der Waals surface area contributed by atoms with Crippen molar-refractivity contribution in [2.24, 2.45) is 0 Å². The molecule has 1 aromatic carbocycles. The molecule has 0 amide bonds. The smallest absolute Gasteiger partial charge is 0.0931 e. The van der Waals surface area contributed by atoms with E-state index in [1.165, 1.54) is 0 Å². The van der Waals surface area contributed by atoms with Gasteiger partial charge in [0.1, 0.15) is 0 Å². The summed E-state index contributed by atoms with van der Waals surface area (Å²) in [6, 6.07) is 5.87. The first-order valence-corrected chi connectivity index (χ1v) is 4.99. The zero-order valence-corrected chi connectivity index (χ0v) is 8.33. The van der Waals surface area contributed by atoms with E-state index in [4.69, 9.17) is 11.6 Å². The molecule has 2 aromatic rings. The number of H-pyrrole nitrogens is 1. The minimum absolute atomic E-state index is 0.265. The molecule has 14 heavy (non-hydrogen) atoms. The van der Waals surface area contributed by atoms with Gasteiger partial charge in [-0.15, -0.1) is 11.6 Å². The average Bonchev–Trinajstić information content (AvgIpc) is 2.64. The molecule has 3 nitrogen and oxygen atoms in total. The number of nitrogens with zero attached hydrogens (tertiary/aromatic N) is 1. The Balaban J connectivity index is 2.25. The number of aliphatic hydroxyl groups excluding tert-OH is 1. The number of aliphatic hydroxyl groups is 1. The summed E-state index contributed by atoms with van der Waals surface area (Å²) in [5.41, 5.74) is 2.99. The van der Waals surface area contributed by atoms with Crippen LogP contribution >= 0.6 is 11.6 Å². The summed E-state index contributed by atoms with van der Waals surface area (Å²) in [7, 11) is 0. The van der Waals surface area contributed by atoms with Gasteiger partial charge in [0.2, 0.25) is 0 Å². The second kappa shape index (κ2) is 3.98. The second-order valence-corrected chi connectivity index (χ2v) is 3.57. The first kappa shape index (κ1) is 9.49. The summed E-state index contributed by atoms with van der Waals surface area (Å²) in [5, 5.41) is 9.38. The maximum atomic E-state index is 9.38. The zero-order valence-electron chi connectivity index (χ0n) is 7.57. The molecule has 4 heteroatoms. The highest BCUT2D eigenvalue weighted by Gasteiger charge is 2.04. The van der Waals surface area contributed by atoms with Crippen molar-refractivity contribution >= 4 is 22.6 Å². The molecule has 1 aromatic heterocycles. The summed E-state index contributed by atoms with van der Waals surface area (Å²) in [6.07, 6.45) is 1.77. The van der Waals surface area contributed by atoms with Crippen molar-refractivity contribution in [1.29, 1.82) is 0 Å². The highest BCUT2D eigenvalue weighted by Crippen LogP contribution is 2.13. The van der Waals surface area contributed by atoms with Crippen molar-refractivity contribution in [3.05, 3.63) is 30.1 Å². The molecule has 0 saturated carbocycles. The Bertz CT molecular complexity index is 427. The van der Waals surface area contributed by atoms with E-state index in [0.717, 1.165) is 16.6 Å². The number of nitrogens with one attached hydrogen (secondary N) is 1. The van der Waals surface area contributed by atoms with Crippen LogP contribution in [-0.4, -0.2) is 27.1 Å². The molecule has 0 spiro atoms. The van der Waals surface area contributed by atoms with E-state index < -0.39 is 6.10 Å². The van der Waals surface area contributed by atoms with Crippen LogP contribution in [0.25, 0.3) is 11.0 Å². The van der Waals surface area contributed by atoms with Crippen LogP contribution in [0.1, 0.15) is 5.56 Å². The fourth-order valence-electron chi connectivity index (χ4n) is 1.44. The predicted molar refractivity (Wildman–Crippen MR) is 56.5 cm³/mol. The van der Waals surface area contributed by atoms with Gasteiger partial charge in [-0.1, -0.05) is 6.07 Å². The van der Waals surface area contributed by atoms with Crippen molar-refractivity contribution in [3.8, 4) is 0 Å². The van der Waals surface area contributed by atoms with E-state index in [1.54, 1.807) is 6.33 Å². The molecular weight excluding hydrogens is 200 g/mol. The summed E-state index contributed by atoms with van der Waals surface area (Å²) in [5.74, 6) is 0.265. The summed E-state index contributed by atoms with van der Waals surface area (Å²) in [4.78, 5) is 7.14. The Kier molecular flexibility index (Phi) is 2.70. The van der Waals surface area contributed by atoms with Gasteiger partial charge in [0.15, 0.2) is 0 Å². The van der Waals surface area contributed by atoms with Crippen LogP contribution in [0.5, 0.6) is 0 Å². The van der Waals surface area contributed by atoms with Gasteiger partial charge in [-0.25, -0.2) is 4.98 Å². The van der Waals surface area contributed by atoms with Crippen LogP contribution in [0.2, 0.25) is 0 Å². The monoisotopic (exact) mass is 210 g/mol. The number of rotatable bonds is 3. The third-order valence-electron chi connectivity index (χ3n) is 2.13. The Morgan fingerprint density at radius 3 is 3.14 bits per heavy atom. The third kappa shape index (κ3) is 1.89. The number of benzene rings is 1. The molecule has 1 heterocycles. The number of aromatic nitrogens is 2. The third-order valence-corrected chi connectivity index (χ3v) is 2.49. The van der Waals surface area contributed by atoms with Gasteiger partial charge in [-0.2, -0.15) is 0 Å². The topological polar surface area (TPSA) is 48.9 Å². The molecule has 0 aliphatic rings. The lowest BCUT2D eigenvalue weighted by molar-refractivity contribution is 0.199. The SMILES string of the molecule is OC(CCl)Cc1ccc2nc[nH]c2c1. The number of fused-ring (bicyclic) bond motifs is 1. The number of imidazole rings is 1. The van der Waals surface area contributed by atoms with Gasteiger partial charge in [0.25, 0.3) is 0 Å². The molecule has 0 radical (unpaired) electrons. The lowest BCUT2D eigenvalue weighted by atomic mass is 10.1. The van der Waals surface area contributed by atoms with E-state index >= 15 is 0 Å². The fraction of sp³-hybridized carbons (Fsp3) is 0.300. The van der Waals surface area contributed by atoms with E-state index in [1.807, 2.05) is 18.2 Å². The number of halogens is 1. The van der Waals surface area contributed by atoms with E-state index in [-0.39, 0.29) is 5.88 Å². The normalized spacial score (nSPS) is 13.3. The standard InChI is InChI=1S/C10H11ClN2O/c11-5-8(14)3-7-1-2-9-10(4-7)13-6-12-9/h1-2,4,6,8,14H,3,5H2,(H,12,13). The lowest BCUT2D eigenvalue weighted by Crippen LogP contribution is -2.11. The first-order chi connectivity index (χ1) is 6.79. The zero-order chi connectivity index (χ0) is 9.97. The number of aromatic amines is 1. The van der Waals surface area contributed by atoms with Gasteiger partial charge in [-0.05, 0) is 24.1 Å². The Hall–Kier alpha value is -1.06. The van der Waals surface area contributed by atoms with Crippen molar-refractivity contribution in [1.82, 2.24) is 9.97 Å². The Morgan fingerprint density at radius 1 is 1.50 bits per heavy atom. The minimum atomic E-state index is -0.475. The quantitative estimate of drug-likeness (QED) is 0.758. The molecule has 1 atom stereocenters. The molecule has 0 fully saturated rings. The van der Waals surface area contributed by atoms with Gasteiger partial charge in [0.05, 0.1) is 23.5 Å². The molecule has 0 aliphatic carbocycles. The van der Waals surface area contributed by atoms with Crippen LogP contribution in [-0.2, 0) is 6.42 Å². The van der Waals surface area contributed by atoms with Crippen molar-refractivity contribution in [2.45, 2.75) is 12.5 Å². The van der Waals surface area contributed by atoms with E-state index in [2.05, 4.69) is 9.97 Å². The molecule has 2 N–H and O–H groups in total. The van der Waals surface area contributed by atoms with Crippen LogP contribution < -0.4 is 0 Å². The molecule has 0 aliphatic heterocycles. The summed E-state index contributed by atoms with van der Waals surface area (Å²) in [6.45, 7) is 0. The minimum Gasteiger partial charge on any atom is -0.392 e. The van der Waals surface area contributed by atoms with Gasteiger partial charge in [0, 0.05) is 5.88 Å². The fourth-order valence-corrected chi connectivity index (χ4v) is 1.55. The van der Waals surface area contributed by atoms with Crippen LogP contribution in [0, 0.1) is 0 Å². The molecular formula is C10H11ClN2O. The predicted octanol–water partition coefficient (Wildman–Crippen LogP) is 1.71. The van der Waals surface area contributed by atoms with Gasteiger partial charge >= 0.3 is 0 Å². The van der Waals surface area contributed by atoms with Crippen LogP contribution in [0.4, 0.5) is 0 Å². The summed E-state index contributed by atoms with van der Waals surface area (Å²) < 4.78 is 0. The number of alkyl halides is 1. The number of hydrogen-bond acceptors (Lipinski definition) is 2. The molecule has 1 unspecified atom stereocenters. The molecule has 74 valence electrons. The largest absolute Gasteiger partial charge is 0.392 e. The molecule has 2 rings (SSSR count). The van der Waals surface area contributed by atoms with Gasteiger partial charge in [-0.3, -0.25) is 0 Å². The van der Waals surface area contributed by atoms with Gasteiger partial charge < -0.3 is 10.1 Å². The van der Waals surface area contributed by atoms with Crippen molar-refractivity contribution in [3.63, 3.8) is 0 Å². The van der Waals surface area contributed by atoms with E-state index in [0.29, 0.717) is 6.42 Å².